The molecule has 1 N–H and O–H groups in total. The largest absolute Gasteiger partial charge is 0.349 e. The summed E-state index contributed by atoms with van der Waals surface area (Å²) in [6.45, 7) is 7.62. The van der Waals surface area contributed by atoms with Gasteiger partial charge in [0.05, 0.1) is 11.0 Å². The predicted octanol–water partition coefficient (Wildman–Crippen LogP) is 3.08. The number of aryl methyl sites for hydroxylation is 2. The molecule has 0 unspecified atom stereocenters. The van der Waals surface area contributed by atoms with Crippen molar-refractivity contribution in [1.29, 1.82) is 0 Å². The summed E-state index contributed by atoms with van der Waals surface area (Å²) in [5, 5.41) is 0. The molecule has 0 aromatic heterocycles. The molecule has 0 spiro atoms. The maximum absolute atomic E-state index is 12.4. The van der Waals surface area contributed by atoms with Crippen LogP contribution in [-0.4, -0.2) is 44.1 Å². The van der Waals surface area contributed by atoms with E-state index in [2.05, 4.69) is 63.2 Å². The molecule has 164 valence electrons. The van der Waals surface area contributed by atoms with Crippen LogP contribution in [-0.2, 0) is 6.54 Å². The Bertz CT molecular complexity index is 1350. The van der Waals surface area contributed by atoms with Crippen LogP contribution in [0.2, 0.25) is 0 Å². The van der Waals surface area contributed by atoms with E-state index in [9.17, 15) is 9.59 Å². The highest BCUT2D eigenvalue weighted by atomic mass is 16.2. The summed E-state index contributed by atoms with van der Waals surface area (Å²) in [4.78, 5) is 37.8. The SMILES string of the molecule is Cc1cc2nc3c(=O)[nH]c(=O)nc-3n(CCN3CCC(c4ccccc4)CC3)c2cc1C. The van der Waals surface area contributed by atoms with Gasteiger partial charge in [-0.15, -0.1) is 0 Å². The average Bonchev–Trinajstić information content (AvgIpc) is 2.79. The van der Waals surface area contributed by atoms with Crippen molar-refractivity contribution in [1.82, 2.24) is 24.4 Å². The molecule has 0 amide bonds. The van der Waals surface area contributed by atoms with Gasteiger partial charge in [-0.05, 0) is 74.5 Å². The van der Waals surface area contributed by atoms with Gasteiger partial charge in [0.2, 0.25) is 0 Å². The number of likely N-dealkylation sites (tertiary alicyclic amines) is 1. The molecule has 7 heteroatoms. The number of nitrogens with one attached hydrogen (secondary N) is 1. The molecule has 32 heavy (non-hydrogen) atoms. The average molecular weight is 430 g/mol. The fourth-order valence-electron chi connectivity index (χ4n) is 4.73. The van der Waals surface area contributed by atoms with Crippen molar-refractivity contribution in [2.75, 3.05) is 19.6 Å². The number of piperidine rings is 1. The predicted molar refractivity (Wildman–Crippen MR) is 125 cm³/mol. The van der Waals surface area contributed by atoms with Crippen LogP contribution in [0.4, 0.5) is 0 Å². The van der Waals surface area contributed by atoms with E-state index in [1.165, 1.54) is 5.56 Å². The van der Waals surface area contributed by atoms with Crippen LogP contribution in [0, 0.1) is 13.8 Å². The van der Waals surface area contributed by atoms with Crippen molar-refractivity contribution in [2.24, 2.45) is 0 Å². The summed E-state index contributed by atoms with van der Waals surface area (Å²) in [5.74, 6) is 0.963. The summed E-state index contributed by atoms with van der Waals surface area (Å²) in [6.07, 6.45) is 2.26. The molecule has 1 fully saturated rings. The molecule has 3 aliphatic rings. The molecule has 0 bridgehead atoms. The number of aromatic nitrogens is 4. The van der Waals surface area contributed by atoms with E-state index >= 15 is 0 Å². The smallest absolute Gasteiger partial charge is 0.321 e. The van der Waals surface area contributed by atoms with E-state index in [0.29, 0.717) is 18.3 Å². The summed E-state index contributed by atoms with van der Waals surface area (Å²) in [7, 11) is 0. The van der Waals surface area contributed by atoms with Gasteiger partial charge in [0.1, 0.15) is 0 Å². The normalized spacial score (nSPS) is 15.6. The first-order valence-corrected chi connectivity index (χ1v) is 11.2. The number of aromatic amines is 1. The molecule has 0 radical (unpaired) electrons. The Morgan fingerprint density at radius 1 is 0.969 bits per heavy atom. The first-order chi connectivity index (χ1) is 15.5. The zero-order valence-corrected chi connectivity index (χ0v) is 18.5. The number of benzene rings is 2. The minimum Gasteiger partial charge on any atom is -0.321 e. The first kappa shape index (κ1) is 20.6. The van der Waals surface area contributed by atoms with Crippen molar-refractivity contribution >= 4 is 11.0 Å². The topological polar surface area (TPSA) is 83.9 Å². The van der Waals surface area contributed by atoms with Crippen LogP contribution in [0.1, 0.15) is 35.4 Å². The quantitative estimate of drug-likeness (QED) is 0.504. The molecule has 0 atom stereocenters. The highest BCUT2D eigenvalue weighted by molar-refractivity contribution is 5.81. The van der Waals surface area contributed by atoms with Gasteiger partial charge in [0, 0.05) is 13.1 Å². The molecule has 1 saturated heterocycles. The molecular formula is C25H27N5O2. The lowest BCUT2D eigenvalue weighted by atomic mass is 9.89. The van der Waals surface area contributed by atoms with Gasteiger partial charge in [0.25, 0.3) is 5.56 Å². The van der Waals surface area contributed by atoms with Gasteiger partial charge in [-0.1, -0.05) is 30.3 Å². The second kappa shape index (κ2) is 8.31. The number of hydrogen-bond acceptors (Lipinski definition) is 5. The summed E-state index contributed by atoms with van der Waals surface area (Å²) in [6, 6.07) is 14.8. The number of nitrogens with zero attached hydrogens (tertiary/aromatic N) is 4. The zero-order chi connectivity index (χ0) is 22.2. The van der Waals surface area contributed by atoms with Crippen LogP contribution in [0.3, 0.4) is 0 Å². The van der Waals surface area contributed by atoms with Gasteiger partial charge in [-0.2, -0.15) is 4.98 Å². The maximum Gasteiger partial charge on any atom is 0.349 e. The lowest BCUT2D eigenvalue weighted by Gasteiger charge is -2.32. The first-order valence-electron chi connectivity index (χ1n) is 11.2. The Morgan fingerprint density at radius 3 is 2.44 bits per heavy atom. The van der Waals surface area contributed by atoms with Crippen LogP contribution in [0.15, 0.2) is 52.1 Å². The van der Waals surface area contributed by atoms with Crippen LogP contribution in [0.25, 0.3) is 22.6 Å². The Balaban J connectivity index is 1.44. The Hall–Kier alpha value is -3.32. The standard InChI is InChI=1S/C25H27N5O2/c1-16-14-20-21(15-17(16)2)30(23-22(26-20)24(31)28-25(32)27-23)13-12-29-10-8-19(9-11-29)18-6-4-3-5-7-18/h3-7,14-15,19H,8-13H2,1-2H3,(H,28,31,32). The van der Waals surface area contributed by atoms with Crippen LogP contribution >= 0.6 is 0 Å². The monoisotopic (exact) mass is 429 g/mol. The van der Waals surface area contributed by atoms with E-state index in [1.54, 1.807) is 0 Å². The Labute approximate surface area is 186 Å². The van der Waals surface area contributed by atoms with E-state index in [1.807, 2.05) is 17.6 Å². The van der Waals surface area contributed by atoms with Crippen molar-refractivity contribution in [3.63, 3.8) is 0 Å². The number of fused-ring (bicyclic) bond motifs is 2. The molecule has 0 saturated carbocycles. The van der Waals surface area contributed by atoms with Gasteiger partial charge in [-0.3, -0.25) is 9.78 Å². The molecular weight excluding hydrogens is 402 g/mol. The number of H-pyrrole nitrogens is 1. The van der Waals surface area contributed by atoms with E-state index in [4.69, 9.17) is 0 Å². The summed E-state index contributed by atoms with van der Waals surface area (Å²) < 4.78 is 1.99. The van der Waals surface area contributed by atoms with Crippen LogP contribution < -0.4 is 11.2 Å². The second-order valence-corrected chi connectivity index (χ2v) is 8.76. The third-order valence-electron chi connectivity index (χ3n) is 6.72. The highest BCUT2D eigenvalue weighted by Crippen LogP contribution is 2.28. The maximum atomic E-state index is 12.4. The molecule has 3 aliphatic heterocycles. The highest BCUT2D eigenvalue weighted by Gasteiger charge is 2.22. The summed E-state index contributed by atoms with van der Waals surface area (Å²) in [5.41, 5.74) is 4.41. The fourth-order valence-corrected chi connectivity index (χ4v) is 4.73. The molecule has 3 heterocycles. The zero-order valence-electron chi connectivity index (χ0n) is 18.5. The van der Waals surface area contributed by atoms with Gasteiger partial charge in [-0.25, -0.2) is 9.78 Å². The molecule has 5 rings (SSSR count). The Kier molecular flexibility index (Phi) is 5.35. The Morgan fingerprint density at radius 2 is 1.69 bits per heavy atom. The van der Waals surface area contributed by atoms with Crippen LogP contribution in [0.5, 0.6) is 0 Å². The molecule has 0 aliphatic carbocycles. The molecule has 2 aromatic carbocycles. The lowest BCUT2D eigenvalue weighted by Crippen LogP contribution is -2.36. The number of hydrogen-bond donors (Lipinski definition) is 1. The van der Waals surface area contributed by atoms with Gasteiger partial charge < -0.3 is 9.47 Å². The van der Waals surface area contributed by atoms with Crippen molar-refractivity contribution in [3.05, 3.63) is 80.0 Å². The lowest BCUT2D eigenvalue weighted by molar-refractivity contribution is 0.206. The van der Waals surface area contributed by atoms with E-state index in [-0.39, 0.29) is 5.69 Å². The minimum absolute atomic E-state index is 0.211. The fraction of sp³-hybridized carbons (Fsp3) is 0.360. The van der Waals surface area contributed by atoms with Crippen molar-refractivity contribution in [2.45, 2.75) is 39.2 Å². The van der Waals surface area contributed by atoms with Crippen molar-refractivity contribution < 1.29 is 0 Å². The van der Waals surface area contributed by atoms with Gasteiger partial charge >= 0.3 is 5.69 Å². The number of rotatable bonds is 4. The van der Waals surface area contributed by atoms with Gasteiger partial charge in [0.15, 0.2) is 11.5 Å². The van der Waals surface area contributed by atoms with Crippen molar-refractivity contribution in [3.8, 4) is 11.5 Å². The third-order valence-corrected chi connectivity index (χ3v) is 6.72. The molecule has 2 aromatic rings. The second-order valence-electron chi connectivity index (χ2n) is 8.76. The summed E-state index contributed by atoms with van der Waals surface area (Å²) >= 11 is 0. The van der Waals surface area contributed by atoms with E-state index < -0.39 is 11.2 Å². The van der Waals surface area contributed by atoms with E-state index in [0.717, 1.165) is 54.6 Å². The third kappa shape index (κ3) is 3.84. The minimum atomic E-state index is -0.634. The molecule has 7 nitrogen and oxygen atoms in total.